The first kappa shape index (κ1) is 12.5. The van der Waals surface area contributed by atoms with Crippen LogP contribution in [0.3, 0.4) is 0 Å². The van der Waals surface area contributed by atoms with Gasteiger partial charge in [0.25, 0.3) is 0 Å². The molecule has 1 saturated heterocycles. The highest BCUT2D eigenvalue weighted by atomic mass is 16.6. The highest BCUT2D eigenvalue weighted by Gasteiger charge is 2.32. The molecule has 0 radical (unpaired) electrons. The van der Waals surface area contributed by atoms with E-state index in [0.717, 1.165) is 0 Å². The first-order valence-electron chi connectivity index (χ1n) is 4.99. The average Bonchev–Trinajstić information content (AvgIpc) is 2.17. The number of carboxylic acids is 1. The molecule has 0 unspecified atom stereocenters. The second-order valence-corrected chi connectivity index (χ2v) is 3.41. The van der Waals surface area contributed by atoms with Crippen molar-refractivity contribution >= 4 is 12.1 Å². The number of rotatable bonds is 6. The zero-order chi connectivity index (χ0) is 12.0. The quantitative estimate of drug-likeness (QED) is 0.670. The van der Waals surface area contributed by atoms with E-state index in [-0.39, 0.29) is 25.7 Å². The zero-order valence-corrected chi connectivity index (χ0v) is 8.92. The summed E-state index contributed by atoms with van der Waals surface area (Å²) < 4.78 is 10.0. The molecule has 16 heavy (non-hydrogen) atoms. The standard InChI is InChI=1S/C10H15NO5/c1-2-4-16-10(14)11-6-8(7-11)15-5-3-9(12)13/h2,8H,1,3-7H2,(H,12,13). The predicted molar refractivity (Wildman–Crippen MR) is 55.1 cm³/mol. The third-order valence-corrected chi connectivity index (χ3v) is 2.10. The van der Waals surface area contributed by atoms with Crippen molar-refractivity contribution in [2.75, 3.05) is 26.3 Å². The van der Waals surface area contributed by atoms with Crippen LogP contribution >= 0.6 is 0 Å². The number of ether oxygens (including phenoxy) is 2. The van der Waals surface area contributed by atoms with Crippen LogP contribution in [0.5, 0.6) is 0 Å². The maximum atomic E-state index is 11.2. The molecule has 0 aromatic heterocycles. The molecule has 0 bridgehead atoms. The Morgan fingerprint density at radius 3 is 2.75 bits per heavy atom. The maximum absolute atomic E-state index is 11.2. The second-order valence-electron chi connectivity index (χ2n) is 3.41. The minimum Gasteiger partial charge on any atom is -0.481 e. The van der Waals surface area contributed by atoms with Gasteiger partial charge in [0.05, 0.1) is 32.2 Å². The Morgan fingerprint density at radius 1 is 1.50 bits per heavy atom. The highest BCUT2D eigenvalue weighted by Crippen LogP contribution is 2.13. The van der Waals surface area contributed by atoms with E-state index in [0.29, 0.717) is 13.1 Å². The first-order chi connectivity index (χ1) is 7.63. The van der Waals surface area contributed by atoms with E-state index in [2.05, 4.69) is 6.58 Å². The summed E-state index contributed by atoms with van der Waals surface area (Å²) in [6.07, 6.45) is 1.02. The van der Waals surface area contributed by atoms with E-state index in [1.54, 1.807) is 0 Å². The van der Waals surface area contributed by atoms with Gasteiger partial charge in [-0.3, -0.25) is 4.79 Å². The van der Waals surface area contributed by atoms with Crippen molar-refractivity contribution in [3.05, 3.63) is 12.7 Å². The number of aliphatic carboxylic acids is 1. The number of amides is 1. The highest BCUT2D eigenvalue weighted by molar-refractivity contribution is 5.69. The molecule has 1 heterocycles. The van der Waals surface area contributed by atoms with Gasteiger partial charge in [0.1, 0.15) is 6.61 Å². The summed E-state index contributed by atoms with van der Waals surface area (Å²) in [6, 6.07) is 0. The van der Waals surface area contributed by atoms with Gasteiger partial charge in [0.15, 0.2) is 0 Å². The molecule has 0 aromatic carbocycles. The van der Waals surface area contributed by atoms with E-state index in [9.17, 15) is 9.59 Å². The van der Waals surface area contributed by atoms with Crippen molar-refractivity contribution in [3.8, 4) is 0 Å². The van der Waals surface area contributed by atoms with Crippen LogP contribution in [0.1, 0.15) is 6.42 Å². The van der Waals surface area contributed by atoms with Gasteiger partial charge in [-0.2, -0.15) is 0 Å². The van der Waals surface area contributed by atoms with Crippen LogP contribution < -0.4 is 0 Å². The fourth-order valence-corrected chi connectivity index (χ4v) is 1.23. The summed E-state index contributed by atoms with van der Waals surface area (Å²) in [7, 11) is 0. The van der Waals surface area contributed by atoms with Gasteiger partial charge in [-0.05, 0) is 0 Å². The molecule has 6 nitrogen and oxygen atoms in total. The summed E-state index contributed by atoms with van der Waals surface area (Å²) in [5, 5.41) is 8.38. The molecule has 0 saturated carbocycles. The van der Waals surface area contributed by atoms with Crippen molar-refractivity contribution in [2.45, 2.75) is 12.5 Å². The molecule has 0 aliphatic carbocycles. The lowest BCUT2D eigenvalue weighted by atomic mass is 10.2. The van der Waals surface area contributed by atoms with Crippen molar-refractivity contribution in [3.63, 3.8) is 0 Å². The number of hydrogen-bond donors (Lipinski definition) is 1. The number of carboxylic acid groups (broad SMARTS) is 1. The van der Waals surface area contributed by atoms with Gasteiger partial charge < -0.3 is 19.5 Å². The summed E-state index contributed by atoms with van der Waals surface area (Å²) in [5.74, 6) is -0.887. The molecule has 0 atom stereocenters. The molecular weight excluding hydrogens is 214 g/mol. The number of likely N-dealkylation sites (tertiary alicyclic amines) is 1. The maximum Gasteiger partial charge on any atom is 0.410 e. The van der Waals surface area contributed by atoms with Gasteiger partial charge in [-0.1, -0.05) is 12.7 Å². The lowest BCUT2D eigenvalue weighted by Crippen LogP contribution is -2.55. The van der Waals surface area contributed by atoms with E-state index >= 15 is 0 Å². The van der Waals surface area contributed by atoms with Crippen molar-refractivity contribution < 1.29 is 24.2 Å². The summed E-state index contributed by atoms with van der Waals surface area (Å²) in [4.78, 5) is 22.9. The number of carbonyl (C=O) groups excluding carboxylic acids is 1. The molecule has 1 amide bonds. The molecule has 0 aromatic rings. The minimum atomic E-state index is -0.887. The largest absolute Gasteiger partial charge is 0.481 e. The SMILES string of the molecule is C=CCOC(=O)N1CC(OCCC(=O)O)C1. The monoisotopic (exact) mass is 229 g/mol. The fraction of sp³-hybridized carbons (Fsp3) is 0.600. The van der Waals surface area contributed by atoms with E-state index < -0.39 is 12.1 Å². The Morgan fingerprint density at radius 2 is 2.19 bits per heavy atom. The second kappa shape index (κ2) is 6.12. The molecule has 1 N–H and O–H groups in total. The topological polar surface area (TPSA) is 76.1 Å². The van der Waals surface area contributed by atoms with Gasteiger partial charge in [0.2, 0.25) is 0 Å². The van der Waals surface area contributed by atoms with Gasteiger partial charge >= 0.3 is 12.1 Å². The van der Waals surface area contributed by atoms with E-state index in [1.807, 2.05) is 0 Å². The molecule has 90 valence electrons. The third-order valence-electron chi connectivity index (χ3n) is 2.10. The molecule has 1 aliphatic rings. The van der Waals surface area contributed by atoms with Crippen LogP contribution in [-0.4, -0.2) is 54.5 Å². The lowest BCUT2D eigenvalue weighted by molar-refractivity contribution is -0.139. The van der Waals surface area contributed by atoms with Crippen molar-refractivity contribution in [2.24, 2.45) is 0 Å². The Balaban J connectivity index is 2.06. The smallest absolute Gasteiger partial charge is 0.410 e. The molecule has 1 aliphatic heterocycles. The Kier molecular flexibility index (Phi) is 4.78. The summed E-state index contributed by atoms with van der Waals surface area (Å²) in [6.45, 7) is 4.71. The summed E-state index contributed by atoms with van der Waals surface area (Å²) in [5.41, 5.74) is 0. The van der Waals surface area contributed by atoms with Crippen LogP contribution in [0.25, 0.3) is 0 Å². The summed E-state index contributed by atoms with van der Waals surface area (Å²) >= 11 is 0. The van der Waals surface area contributed by atoms with Crippen LogP contribution in [0.15, 0.2) is 12.7 Å². The third kappa shape index (κ3) is 3.90. The molecule has 6 heteroatoms. The first-order valence-corrected chi connectivity index (χ1v) is 4.99. The molecule has 1 rings (SSSR count). The van der Waals surface area contributed by atoms with Gasteiger partial charge in [-0.25, -0.2) is 4.79 Å². The van der Waals surface area contributed by atoms with Crippen LogP contribution in [0.4, 0.5) is 4.79 Å². The zero-order valence-electron chi connectivity index (χ0n) is 8.92. The van der Waals surface area contributed by atoms with Crippen LogP contribution in [0, 0.1) is 0 Å². The minimum absolute atomic E-state index is 0.0165. The Hall–Kier alpha value is -1.56. The molecule has 0 spiro atoms. The van der Waals surface area contributed by atoms with Gasteiger partial charge in [0, 0.05) is 0 Å². The number of nitrogens with zero attached hydrogens (tertiary/aromatic N) is 1. The van der Waals surface area contributed by atoms with E-state index in [1.165, 1.54) is 11.0 Å². The Bertz CT molecular complexity index is 272. The molecule has 1 fully saturated rings. The predicted octanol–water partition coefficient (Wildman–Crippen LogP) is 0.485. The van der Waals surface area contributed by atoms with Crippen molar-refractivity contribution in [1.29, 1.82) is 0 Å². The number of carbonyl (C=O) groups is 2. The fourth-order valence-electron chi connectivity index (χ4n) is 1.23. The van der Waals surface area contributed by atoms with Crippen LogP contribution in [0.2, 0.25) is 0 Å². The molecular formula is C10H15NO5. The average molecular weight is 229 g/mol. The Labute approximate surface area is 93.4 Å². The van der Waals surface area contributed by atoms with E-state index in [4.69, 9.17) is 14.6 Å². The van der Waals surface area contributed by atoms with Crippen LogP contribution in [-0.2, 0) is 14.3 Å². The number of hydrogen-bond acceptors (Lipinski definition) is 4. The van der Waals surface area contributed by atoms with Gasteiger partial charge in [-0.15, -0.1) is 0 Å². The lowest BCUT2D eigenvalue weighted by Gasteiger charge is -2.37. The van der Waals surface area contributed by atoms with Crippen molar-refractivity contribution in [1.82, 2.24) is 4.90 Å². The normalized spacial score (nSPS) is 15.4.